The predicted octanol–water partition coefficient (Wildman–Crippen LogP) is 3.90. The van der Waals surface area contributed by atoms with Gasteiger partial charge in [0.15, 0.2) is 0 Å². The molecule has 0 amide bonds. The zero-order chi connectivity index (χ0) is 15.9. The average molecular weight is 304 g/mol. The summed E-state index contributed by atoms with van der Waals surface area (Å²) in [5.41, 5.74) is 3.43. The molecule has 0 bridgehead atoms. The maximum absolute atomic E-state index is 5.85. The minimum absolute atomic E-state index is 0.436. The first-order chi connectivity index (χ1) is 10.7. The van der Waals surface area contributed by atoms with Crippen LogP contribution in [0.5, 0.6) is 5.75 Å². The fourth-order valence-corrected chi connectivity index (χ4v) is 2.53. The second-order valence-electron chi connectivity index (χ2n) is 5.90. The quantitative estimate of drug-likeness (QED) is 0.435. The molecule has 22 heavy (non-hydrogen) atoms. The lowest BCUT2D eigenvalue weighted by Crippen LogP contribution is -2.19. The number of aliphatic imine (C=N–C) groups is 1. The van der Waals surface area contributed by atoms with Crippen LogP contribution in [-0.4, -0.2) is 44.7 Å². The van der Waals surface area contributed by atoms with Gasteiger partial charge in [-0.1, -0.05) is 6.92 Å². The monoisotopic (exact) mass is 304 g/mol. The third kappa shape index (κ3) is 4.23. The van der Waals surface area contributed by atoms with Crippen molar-refractivity contribution in [1.29, 1.82) is 0 Å². The maximum Gasteiger partial charge on any atom is 0.125 e. The molecule has 1 aromatic rings. The van der Waals surface area contributed by atoms with Crippen LogP contribution in [0.3, 0.4) is 0 Å². The third-order valence-electron chi connectivity index (χ3n) is 4.05. The topological polar surface area (TPSA) is 34.1 Å². The van der Waals surface area contributed by atoms with Gasteiger partial charge in [0.05, 0.1) is 25.2 Å². The summed E-state index contributed by atoms with van der Waals surface area (Å²) in [6.07, 6.45) is 3.96. The zero-order valence-electron chi connectivity index (χ0n) is 14.3. The molecular weight excluding hydrogens is 276 g/mol. The van der Waals surface area contributed by atoms with E-state index in [0.717, 1.165) is 50.6 Å². The maximum atomic E-state index is 5.85. The third-order valence-corrected chi connectivity index (χ3v) is 4.05. The van der Waals surface area contributed by atoms with Gasteiger partial charge in [-0.25, -0.2) is 4.99 Å². The molecule has 0 spiro atoms. The van der Waals surface area contributed by atoms with Crippen LogP contribution in [0.4, 0.5) is 5.69 Å². The summed E-state index contributed by atoms with van der Waals surface area (Å²) < 4.78 is 11.6. The van der Waals surface area contributed by atoms with Crippen LogP contribution in [0.15, 0.2) is 17.1 Å². The second-order valence-corrected chi connectivity index (χ2v) is 5.90. The first kappa shape index (κ1) is 16.8. The van der Waals surface area contributed by atoms with E-state index in [9.17, 15) is 0 Å². The Kier molecular flexibility index (Phi) is 6.25. The Balaban J connectivity index is 2.17. The van der Waals surface area contributed by atoms with E-state index >= 15 is 0 Å². The molecule has 0 aromatic heterocycles. The Bertz CT molecular complexity index is 514. The van der Waals surface area contributed by atoms with Crippen molar-refractivity contribution in [3.8, 4) is 5.75 Å². The van der Waals surface area contributed by atoms with E-state index in [0.29, 0.717) is 5.92 Å². The predicted molar refractivity (Wildman–Crippen MR) is 91.6 cm³/mol. The van der Waals surface area contributed by atoms with Gasteiger partial charge in [0, 0.05) is 37.7 Å². The molecule has 0 saturated heterocycles. The summed E-state index contributed by atoms with van der Waals surface area (Å²) >= 11 is 0. The molecule has 1 heterocycles. The van der Waals surface area contributed by atoms with Crippen molar-refractivity contribution in [2.24, 2.45) is 4.99 Å². The minimum Gasteiger partial charge on any atom is -0.493 e. The highest BCUT2D eigenvalue weighted by Gasteiger charge is 2.23. The van der Waals surface area contributed by atoms with Crippen LogP contribution in [0, 0.1) is 6.92 Å². The fourth-order valence-electron chi connectivity index (χ4n) is 2.53. The molecule has 1 unspecified atom stereocenters. The van der Waals surface area contributed by atoms with Crippen molar-refractivity contribution in [1.82, 2.24) is 4.90 Å². The molecule has 1 aliphatic heterocycles. The van der Waals surface area contributed by atoms with Gasteiger partial charge in [0.1, 0.15) is 5.75 Å². The summed E-state index contributed by atoms with van der Waals surface area (Å²) in [6, 6.07) is 4.28. The molecule has 1 aliphatic rings. The van der Waals surface area contributed by atoms with Crippen molar-refractivity contribution in [2.75, 3.05) is 33.4 Å². The summed E-state index contributed by atoms with van der Waals surface area (Å²) in [4.78, 5) is 6.63. The van der Waals surface area contributed by atoms with Gasteiger partial charge in [-0.2, -0.15) is 0 Å². The molecule has 2 rings (SSSR count). The number of hydrogen-bond acceptors (Lipinski definition) is 3. The van der Waals surface area contributed by atoms with Crippen molar-refractivity contribution < 1.29 is 9.47 Å². The summed E-state index contributed by atoms with van der Waals surface area (Å²) in [5.74, 6) is 1.40. The molecule has 0 saturated carbocycles. The first-order valence-corrected chi connectivity index (χ1v) is 8.25. The van der Waals surface area contributed by atoms with E-state index in [1.807, 2.05) is 13.4 Å². The number of benzene rings is 1. The smallest absolute Gasteiger partial charge is 0.125 e. The molecule has 4 heteroatoms. The highest BCUT2D eigenvalue weighted by Crippen LogP contribution is 2.38. The number of ether oxygens (including phenoxy) is 2. The molecule has 0 aliphatic carbocycles. The molecule has 1 aromatic carbocycles. The Morgan fingerprint density at radius 2 is 2.23 bits per heavy atom. The van der Waals surface area contributed by atoms with Crippen molar-refractivity contribution in [2.45, 2.75) is 39.5 Å². The molecule has 1 atom stereocenters. The molecule has 0 radical (unpaired) electrons. The first-order valence-electron chi connectivity index (χ1n) is 8.25. The van der Waals surface area contributed by atoms with Crippen LogP contribution >= 0.6 is 0 Å². The fraction of sp³-hybridized carbons (Fsp3) is 0.611. The highest BCUT2D eigenvalue weighted by atomic mass is 16.5. The van der Waals surface area contributed by atoms with Crippen molar-refractivity contribution in [3.63, 3.8) is 0 Å². The van der Waals surface area contributed by atoms with Crippen molar-refractivity contribution >= 4 is 12.0 Å². The van der Waals surface area contributed by atoms with Crippen molar-refractivity contribution in [3.05, 3.63) is 23.3 Å². The number of aryl methyl sites for hydroxylation is 1. The summed E-state index contributed by atoms with van der Waals surface area (Å²) in [5, 5.41) is 0. The average Bonchev–Trinajstić information content (AvgIpc) is 2.53. The highest BCUT2D eigenvalue weighted by molar-refractivity contribution is 5.65. The molecule has 122 valence electrons. The Morgan fingerprint density at radius 3 is 2.95 bits per heavy atom. The molecule has 0 N–H and O–H groups in total. The van der Waals surface area contributed by atoms with Gasteiger partial charge in [0.2, 0.25) is 0 Å². The van der Waals surface area contributed by atoms with Crippen LogP contribution < -0.4 is 4.74 Å². The lowest BCUT2D eigenvalue weighted by atomic mass is 9.92. The van der Waals surface area contributed by atoms with Crippen LogP contribution in [0.25, 0.3) is 0 Å². The molecule has 4 nitrogen and oxygen atoms in total. The minimum atomic E-state index is 0.436. The van der Waals surface area contributed by atoms with Crippen LogP contribution in [0.2, 0.25) is 0 Å². The number of nitrogens with zero attached hydrogens (tertiary/aromatic N) is 2. The van der Waals surface area contributed by atoms with Gasteiger partial charge in [-0.3, -0.25) is 0 Å². The number of rotatable bonds is 7. The normalized spacial score (nSPS) is 17.4. The molecular formula is C18H28N2O2. The van der Waals surface area contributed by atoms with Gasteiger partial charge in [-0.15, -0.1) is 0 Å². The summed E-state index contributed by atoms with van der Waals surface area (Å²) in [7, 11) is 2.02. The number of hydrogen-bond donors (Lipinski definition) is 0. The Hall–Kier alpha value is -1.55. The standard InChI is InChI=1S/C18H28N2O2/c1-5-8-21-12-15-7-9-22-18-11-17(14(3)10-16(15)18)19-13-20(4)6-2/h10-11,13,15H,5-9,12H2,1-4H3. The lowest BCUT2D eigenvalue weighted by molar-refractivity contribution is 0.106. The Morgan fingerprint density at radius 1 is 1.41 bits per heavy atom. The van der Waals surface area contributed by atoms with Gasteiger partial charge in [0.25, 0.3) is 0 Å². The summed E-state index contributed by atoms with van der Waals surface area (Å²) in [6.45, 7) is 9.67. The largest absolute Gasteiger partial charge is 0.493 e. The lowest BCUT2D eigenvalue weighted by Gasteiger charge is -2.26. The SMILES string of the molecule is CCCOCC1CCOc2cc(N=CN(C)CC)c(C)cc21. The van der Waals surface area contributed by atoms with Gasteiger partial charge >= 0.3 is 0 Å². The van der Waals surface area contributed by atoms with E-state index in [1.54, 1.807) is 0 Å². The van der Waals surface area contributed by atoms with Crippen LogP contribution in [-0.2, 0) is 4.74 Å². The van der Waals surface area contributed by atoms with E-state index in [2.05, 4.69) is 42.8 Å². The van der Waals surface area contributed by atoms with Gasteiger partial charge in [-0.05, 0) is 38.3 Å². The van der Waals surface area contributed by atoms with E-state index in [1.165, 1.54) is 11.1 Å². The van der Waals surface area contributed by atoms with E-state index < -0.39 is 0 Å². The van der Waals surface area contributed by atoms with Gasteiger partial charge < -0.3 is 14.4 Å². The van der Waals surface area contributed by atoms with Crippen LogP contribution in [0.1, 0.15) is 43.7 Å². The second kappa shape index (κ2) is 8.18. The zero-order valence-corrected chi connectivity index (χ0v) is 14.3. The number of fused-ring (bicyclic) bond motifs is 1. The molecule has 0 fully saturated rings. The Labute approximate surface area is 134 Å². The van der Waals surface area contributed by atoms with E-state index in [4.69, 9.17) is 9.47 Å². The van der Waals surface area contributed by atoms with E-state index in [-0.39, 0.29) is 0 Å².